The SMILES string of the molecule is Cc1cc(C(C)(C)C)cc(S(=O)(=O)c2cc(C(C)(C)C)cc(S(=O)[O-])c2O)c1O.[Y]. The molecule has 0 aliphatic rings. The largest absolute Gasteiger partial charge is 0.768 e. The zero-order valence-corrected chi connectivity index (χ0v) is 22.7. The van der Waals surface area contributed by atoms with E-state index in [9.17, 15) is 27.4 Å². The summed E-state index contributed by atoms with van der Waals surface area (Å²) in [5, 5.41) is 21.0. The van der Waals surface area contributed by atoms with Crippen LogP contribution < -0.4 is 0 Å². The van der Waals surface area contributed by atoms with E-state index in [4.69, 9.17) is 0 Å². The van der Waals surface area contributed by atoms with Gasteiger partial charge in [0.1, 0.15) is 21.3 Å². The van der Waals surface area contributed by atoms with Crippen molar-refractivity contribution in [3.05, 3.63) is 41.0 Å². The van der Waals surface area contributed by atoms with Gasteiger partial charge in [0.25, 0.3) is 0 Å². The first kappa shape index (κ1) is 27.2. The Morgan fingerprint density at radius 3 is 1.63 bits per heavy atom. The Morgan fingerprint density at radius 1 is 0.833 bits per heavy atom. The van der Waals surface area contributed by atoms with Crippen molar-refractivity contribution in [3.63, 3.8) is 0 Å². The van der Waals surface area contributed by atoms with Gasteiger partial charge in [-0.15, -0.1) is 0 Å². The molecule has 30 heavy (non-hydrogen) atoms. The third kappa shape index (κ3) is 5.33. The molecular weight excluding hydrogens is 501 g/mol. The molecule has 0 saturated carbocycles. The van der Waals surface area contributed by atoms with Crippen LogP contribution in [0.3, 0.4) is 0 Å². The second kappa shape index (κ2) is 8.98. The van der Waals surface area contributed by atoms with Crippen LogP contribution >= 0.6 is 0 Å². The Bertz CT molecular complexity index is 1090. The molecule has 1 atom stereocenters. The number of aryl methyl sites for hydroxylation is 1. The van der Waals surface area contributed by atoms with Crippen molar-refractivity contribution in [2.45, 2.75) is 74.0 Å². The Labute approximate surface area is 206 Å². The molecule has 0 aromatic heterocycles. The number of rotatable bonds is 3. The molecule has 2 rings (SSSR count). The number of hydrogen-bond acceptors (Lipinski definition) is 6. The van der Waals surface area contributed by atoms with E-state index in [1.165, 1.54) is 18.2 Å². The van der Waals surface area contributed by atoms with Gasteiger partial charge in [-0.1, -0.05) is 47.6 Å². The van der Waals surface area contributed by atoms with E-state index >= 15 is 0 Å². The third-order valence-electron chi connectivity index (χ3n) is 4.80. The fourth-order valence-corrected chi connectivity index (χ4v) is 4.99. The second-order valence-corrected chi connectivity index (χ2v) is 12.0. The maximum atomic E-state index is 13.4. The molecule has 0 saturated heterocycles. The van der Waals surface area contributed by atoms with Crippen LogP contribution in [0.15, 0.2) is 39.0 Å². The van der Waals surface area contributed by atoms with Crippen molar-refractivity contribution in [3.8, 4) is 11.5 Å². The van der Waals surface area contributed by atoms with E-state index in [2.05, 4.69) is 0 Å². The average molecular weight is 528 g/mol. The molecule has 0 amide bonds. The van der Waals surface area contributed by atoms with E-state index in [0.717, 1.165) is 0 Å². The standard InChI is InChI=1S/C21H28O6S2.Y/c1-12-8-13(20(2,3)4)10-16(18(12)22)29(26,27)17-11-14(21(5,6)7)9-15(19(17)23)28(24)25;/h8-11,22-23H,1-7H3,(H,24,25);/p-1. The first-order valence-corrected chi connectivity index (χ1v) is 11.6. The molecule has 0 spiro atoms. The van der Waals surface area contributed by atoms with Gasteiger partial charge in [-0.2, -0.15) is 0 Å². The fourth-order valence-electron chi connectivity index (χ4n) is 2.85. The van der Waals surface area contributed by atoms with Gasteiger partial charge in [0.15, 0.2) is 0 Å². The molecule has 1 unspecified atom stereocenters. The van der Waals surface area contributed by atoms with Crippen molar-refractivity contribution >= 4 is 20.9 Å². The zero-order chi connectivity index (χ0) is 22.5. The molecule has 0 aliphatic carbocycles. The summed E-state index contributed by atoms with van der Waals surface area (Å²) < 4.78 is 50.1. The topological polar surface area (TPSA) is 115 Å². The van der Waals surface area contributed by atoms with Crippen molar-refractivity contribution in [2.75, 3.05) is 0 Å². The molecule has 2 N–H and O–H groups in total. The molecule has 1 radical (unpaired) electrons. The maximum Gasteiger partial charge on any atom is 0.213 e. The summed E-state index contributed by atoms with van der Waals surface area (Å²) in [5.41, 5.74) is 0.522. The van der Waals surface area contributed by atoms with Crippen LogP contribution in [0.25, 0.3) is 0 Å². The molecular formula is C21H27O6S2Y-. The van der Waals surface area contributed by atoms with Gasteiger partial charge in [-0.05, 0) is 63.7 Å². The zero-order valence-electron chi connectivity index (χ0n) is 18.2. The van der Waals surface area contributed by atoms with Crippen molar-refractivity contribution in [1.29, 1.82) is 0 Å². The van der Waals surface area contributed by atoms with Crippen LogP contribution in [0.4, 0.5) is 0 Å². The maximum absolute atomic E-state index is 13.4. The smallest absolute Gasteiger partial charge is 0.213 e. The van der Waals surface area contributed by atoms with Crippen molar-refractivity contribution in [2.24, 2.45) is 0 Å². The summed E-state index contributed by atoms with van der Waals surface area (Å²) in [5.74, 6) is -1.28. The first-order chi connectivity index (χ1) is 13.0. The molecule has 163 valence electrons. The fraction of sp³-hybridized carbons (Fsp3) is 0.429. The van der Waals surface area contributed by atoms with E-state index in [-0.39, 0.29) is 43.0 Å². The second-order valence-electron chi connectivity index (χ2n) is 9.20. The Morgan fingerprint density at radius 2 is 1.23 bits per heavy atom. The molecule has 0 bridgehead atoms. The van der Waals surface area contributed by atoms with E-state index in [1.807, 2.05) is 20.8 Å². The van der Waals surface area contributed by atoms with Gasteiger partial charge in [0.2, 0.25) is 9.84 Å². The minimum Gasteiger partial charge on any atom is -0.768 e. The summed E-state index contributed by atoms with van der Waals surface area (Å²) in [4.78, 5) is -1.42. The summed E-state index contributed by atoms with van der Waals surface area (Å²) in [6.45, 7) is 12.7. The molecule has 2 aromatic carbocycles. The monoisotopic (exact) mass is 528 g/mol. The van der Waals surface area contributed by atoms with Crippen molar-refractivity contribution in [1.82, 2.24) is 0 Å². The van der Waals surface area contributed by atoms with Crippen LogP contribution in [-0.4, -0.2) is 27.4 Å². The molecule has 0 heterocycles. The molecule has 6 nitrogen and oxygen atoms in total. The van der Waals surface area contributed by atoms with E-state index in [1.54, 1.807) is 33.8 Å². The number of aromatic hydroxyl groups is 2. The predicted octanol–water partition coefficient (Wildman–Crippen LogP) is 4.07. The van der Waals surface area contributed by atoms with Gasteiger partial charge in [0.05, 0.1) is 4.90 Å². The molecule has 0 aliphatic heterocycles. The third-order valence-corrected chi connectivity index (χ3v) is 7.25. The first-order valence-electron chi connectivity index (χ1n) is 9.04. The van der Waals surface area contributed by atoms with Crippen molar-refractivity contribution < 1.29 is 60.1 Å². The van der Waals surface area contributed by atoms with Crippen LogP contribution in [0, 0.1) is 6.92 Å². The summed E-state index contributed by atoms with van der Waals surface area (Å²) >= 11 is -2.84. The molecule has 0 fully saturated rings. The number of phenols is 2. The predicted molar refractivity (Wildman–Crippen MR) is 111 cm³/mol. The van der Waals surface area contributed by atoms with Gasteiger partial charge in [-0.3, -0.25) is 4.21 Å². The van der Waals surface area contributed by atoms with Gasteiger partial charge in [0, 0.05) is 32.7 Å². The van der Waals surface area contributed by atoms with Gasteiger partial charge in [-0.25, -0.2) is 8.42 Å². The Kier molecular flexibility index (Phi) is 8.16. The van der Waals surface area contributed by atoms with Gasteiger partial charge >= 0.3 is 0 Å². The number of hydrogen-bond donors (Lipinski definition) is 2. The quantitative estimate of drug-likeness (QED) is 0.581. The molecule has 2 aromatic rings. The van der Waals surface area contributed by atoms with Crippen LogP contribution in [0.1, 0.15) is 58.2 Å². The normalized spacial score (nSPS) is 13.6. The minimum absolute atomic E-state index is 0. The van der Waals surface area contributed by atoms with Crippen LogP contribution in [0.2, 0.25) is 0 Å². The Hall–Kier alpha value is -0.796. The summed E-state index contributed by atoms with van der Waals surface area (Å²) in [7, 11) is -4.42. The summed E-state index contributed by atoms with van der Waals surface area (Å²) in [6.07, 6.45) is 0. The van der Waals surface area contributed by atoms with E-state index in [0.29, 0.717) is 16.7 Å². The minimum atomic E-state index is -4.42. The molecule has 9 heteroatoms. The summed E-state index contributed by atoms with van der Waals surface area (Å²) in [6, 6.07) is 5.60. The number of benzene rings is 2. The number of phenolic OH excluding ortho intramolecular Hbond substituents is 2. The Balaban J connectivity index is 0.00000450. The van der Waals surface area contributed by atoms with Gasteiger partial charge < -0.3 is 14.8 Å². The average Bonchev–Trinajstić information content (AvgIpc) is 2.54. The van der Waals surface area contributed by atoms with Crippen LogP contribution in [0.5, 0.6) is 11.5 Å². The van der Waals surface area contributed by atoms with E-state index < -0.39 is 47.6 Å². The van der Waals surface area contributed by atoms with Crippen LogP contribution in [-0.2, 0) is 64.5 Å². The number of sulfone groups is 1.